The fourth-order valence-electron chi connectivity index (χ4n) is 3.53. The van der Waals surface area contributed by atoms with Crippen molar-refractivity contribution >= 4 is 18.1 Å². The molecule has 0 spiro atoms. The van der Waals surface area contributed by atoms with Crippen molar-refractivity contribution < 1.29 is 4.79 Å². The lowest BCUT2D eigenvalue weighted by Crippen LogP contribution is -2.32. The Morgan fingerprint density at radius 2 is 1.89 bits per heavy atom. The third-order valence-electron chi connectivity index (χ3n) is 5.49. The highest BCUT2D eigenvalue weighted by Crippen LogP contribution is 2.47. The Hall–Kier alpha value is -2.73. The van der Waals surface area contributed by atoms with Gasteiger partial charge in [-0.3, -0.25) is 14.5 Å². The lowest BCUT2D eigenvalue weighted by molar-refractivity contribution is -0.121. The number of hydrogen-bond donors (Lipinski definition) is 2. The summed E-state index contributed by atoms with van der Waals surface area (Å²) in [4.78, 5) is 12.5. The number of aromatic nitrogens is 3. The molecule has 0 aliphatic heterocycles. The van der Waals surface area contributed by atoms with Crippen molar-refractivity contribution in [2.75, 3.05) is 6.54 Å². The van der Waals surface area contributed by atoms with Crippen LogP contribution >= 0.6 is 12.2 Å². The van der Waals surface area contributed by atoms with Gasteiger partial charge in [-0.1, -0.05) is 60.2 Å². The smallest absolute Gasteiger partial charge is 0.221 e. The van der Waals surface area contributed by atoms with E-state index in [-0.39, 0.29) is 11.3 Å². The van der Waals surface area contributed by atoms with E-state index >= 15 is 0 Å². The van der Waals surface area contributed by atoms with Gasteiger partial charge in [-0.25, -0.2) is 0 Å². The molecule has 6 heteroatoms. The number of aromatic amines is 1. The Balaban J connectivity index is 1.38. The van der Waals surface area contributed by atoms with E-state index in [1.807, 2.05) is 41.8 Å². The maximum absolute atomic E-state index is 12.5. The first-order valence-electron chi connectivity index (χ1n) is 9.62. The number of amides is 1. The van der Waals surface area contributed by atoms with Crippen LogP contribution < -0.4 is 5.32 Å². The number of aryl methyl sites for hydroxylation is 1. The first-order valence-corrected chi connectivity index (χ1v) is 10.0. The van der Waals surface area contributed by atoms with Crippen LogP contribution in [-0.4, -0.2) is 27.2 Å². The normalized spacial score (nSPS) is 14.6. The van der Waals surface area contributed by atoms with Gasteiger partial charge in [-0.2, -0.15) is 5.10 Å². The van der Waals surface area contributed by atoms with E-state index in [0.717, 1.165) is 24.2 Å². The van der Waals surface area contributed by atoms with Gasteiger partial charge in [0.25, 0.3) is 0 Å². The second kappa shape index (κ2) is 7.72. The van der Waals surface area contributed by atoms with Crippen LogP contribution in [0.25, 0.3) is 11.4 Å². The van der Waals surface area contributed by atoms with Gasteiger partial charge in [0.15, 0.2) is 10.6 Å². The maximum Gasteiger partial charge on any atom is 0.221 e. The molecule has 2 aromatic carbocycles. The molecule has 3 aromatic rings. The third kappa shape index (κ3) is 3.92. The van der Waals surface area contributed by atoms with Crippen LogP contribution in [0.4, 0.5) is 0 Å². The number of rotatable bonds is 7. The molecule has 1 fully saturated rings. The second-order valence-corrected chi connectivity index (χ2v) is 7.93. The number of nitrogens with one attached hydrogen (secondary N) is 2. The molecule has 1 amide bonds. The zero-order valence-corrected chi connectivity index (χ0v) is 16.8. The van der Waals surface area contributed by atoms with Crippen LogP contribution in [0.5, 0.6) is 0 Å². The van der Waals surface area contributed by atoms with Crippen molar-refractivity contribution in [3.8, 4) is 11.4 Å². The standard InChI is InChI=1S/C22H24N4OS/c1-16-7-9-17(10-8-16)20-24-25-21(28)26(20)14-11-19(27)23-15-22(12-13-22)18-5-3-2-4-6-18/h2-10H,11-15H2,1H3,(H,23,27)(H,25,28). The number of nitrogens with zero attached hydrogens (tertiary/aromatic N) is 2. The molecule has 144 valence electrons. The predicted octanol–water partition coefficient (Wildman–Crippen LogP) is 4.15. The molecule has 2 N–H and O–H groups in total. The highest BCUT2D eigenvalue weighted by molar-refractivity contribution is 7.71. The van der Waals surface area contributed by atoms with Crippen molar-refractivity contribution in [1.29, 1.82) is 0 Å². The number of carbonyl (C=O) groups excluding carboxylic acids is 1. The van der Waals surface area contributed by atoms with Crippen molar-refractivity contribution in [3.63, 3.8) is 0 Å². The zero-order chi connectivity index (χ0) is 19.6. The number of H-pyrrole nitrogens is 1. The molecule has 0 radical (unpaired) electrons. The summed E-state index contributed by atoms with van der Waals surface area (Å²) < 4.78 is 2.43. The molecule has 0 saturated heterocycles. The van der Waals surface area contributed by atoms with Crippen LogP contribution in [0.1, 0.15) is 30.4 Å². The van der Waals surface area contributed by atoms with Crippen LogP contribution in [0, 0.1) is 11.7 Å². The molecule has 0 atom stereocenters. The summed E-state index contributed by atoms with van der Waals surface area (Å²) in [5, 5.41) is 10.3. The topological polar surface area (TPSA) is 62.7 Å². The Morgan fingerprint density at radius 3 is 2.57 bits per heavy atom. The SMILES string of the molecule is Cc1ccc(-c2n[nH]c(=S)n2CCC(=O)NCC2(c3ccccc3)CC2)cc1. The van der Waals surface area contributed by atoms with E-state index in [2.05, 4.69) is 39.8 Å². The first kappa shape index (κ1) is 18.6. The van der Waals surface area contributed by atoms with E-state index in [0.29, 0.717) is 24.3 Å². The van der Waals surface area contributed by atoms with Crippen molar-refractivity contribution in [2.45, 2.75) is 38.1 Å². The fraction of sp³-hybridized carbons (Fsp3) is 0.318. The average molecular weight is 393 g/mol. The molecular weight excluding hydrogens is 368 g/mol. The molecule has 1 saturated carbocycles. The molecule has 1 aliphatic rings. The molecule has 0 unspecified atom stereocenters. The second-order valence-electron chi connectivity index (χ2n) is 7.54. The van der Waals surface area contributed by atoms with Gasteiger partial charge in [0.2, 0.25) is 5.91 Å². The van der Waals surface area contributed by atoms with Crippen LogP contribution in [-0.2, 0) is 16.8 Å². The van der Waals surface area contributed by atoms with Crippen LogP contribution in [0.15, 0.2) is 54.6 Å². The highest BCUT2D eigenvalue weighted by atomic mass is 32.1. The van der Waals surface area contributed by atoms with Gasteiger partial charge in [-0.15, -0.1) is 0 Å². The van der Waals surface area contributed by atoms with E-state index in [9.17, 15) is 4.79 Å². The Labute approximate surface area is 169 Å². The Bertz CT molecular complexity index is 1020. The van der Waals surface area contributed by atoms with Crippen LogP contribution in [0.3, 0.4) is 0 Å². The summed E-state index contributed by atoms with van der Waals surface area (Å²) in [5.74, 6) is 0.806. The largest absolute Gasteiger partial charge is 0.355 e. The molecular formula is C22H24N4OS. The summed E-state index contributed by atoms with van der Waals surface area (Å²) in [6.45, 7) is 3.24. The van der Waals surface area contributed by atoms with Crippen molar-refractivity contribution in [3.05, 3.63) is 70.5 Å². The molecule has 1 heterocycles. The van der Waals surface area contributed by atoms with E-state index in [4.69, 9.17) is 12.2 Å². The fourth-order valence-corrected chi connectivity index (χ4v) is 3.75. The zero-order valence-electron chi connectivity index (χ0n) is 15.9. The van der Waals surface area contributed by atoms with Gasteiger partial charge in [0.05, 0.1) is 0 Å². The van der Waals surface area contributed by atoms with E-state index in [1.54, 1.807) is 0 Å². The number of carbonyl (C=O) groups is 1. The molecule has 1 aromatic heterocycles. The molecule has 4 rings (SSSR count). The van der Waals surface area contributed by atoms with E-state index < -0.39 is 0 Å². The quantitative estimate of drug-likeness (QED) is 0.594. The molecule has 1 aliphatic carbocycles. The third-order valence-corrected chi connectivity index (χ3v) is 5.81. The summed E-state index contributed by atoms with van der Waals surface area (Å²) in [6, 6.07) is 18.6. The van der Waals surface area contributed by atoms with E-state index in [1.165, 1.54) is 11.1 Å². The van der Waals surface area contributed by atoms with Gasteiger partial charge in [0, 0.05) is 30.5 Å². The van der Waals surface area contributed by atoms with Gasteiger partial charge >= 0.3 is 0 Å². The lowest BCUT2D eigenvalue weighted by Gasteiger charge is -2.16. The highest BCUT2D eigenvalue weighted by Gasteiger charge is 2.44. The monoisotopic (exact) mass is 392 g/mol. The minimum Gasteiger partial charge on any atom is -0.355 e. The summed E-state index contributed by atoms with van der Waals surface area (Å²) in [5.41, 5.74) is 3.61. The predicted molar refractivity (Wildman–Crippen MR) is 113 cm³/mol. The van der Waals surface area contributed by atoms with Gasteiger partial charge < -0.3 is 5.32 Å². The molecule has 5 nitrogen and oxygen atoms in total. The number of benzene rings is 2. The summed E-state index contributed by atoms with van der Waals surface area (Å²) in [7, 11) is 0. The van der Waals surface area contributed by atoms with Crippen molar-refractivity contribution in [1.82, 2.24) is 20.1 Å². The first-order chi connectivity index (χ1) is 13.6. The van der Waals surface area contributed by atoms with Crippen LogP contribution in [0.2, 0.25) is 0 Å². The summed E-state index contributed by atoms with van der Waals surface area (Å²) in [6.07, 6.45) is 2.63. The van der Waals surface area contributed by atoms with Gasteiger partial charge in [0.1, 0.15) is 0 Å². The molecule has 28 heavy (non-hydrogen) atoms. The minimum atomic E-state index is 0.0418. The minimum absolute atomic E-state index is 0.0418. The Morgan fingerprint density at radius 1 is 1.18 bits per heavy atom. The van der Waals surface area contributed by atoms with Gasteiger partial charge in [-0.05, 0) is 37.5 Å². The molecule has 0 bridgehead atoms. The Kier molecular flexibility index (Phi) is 5.13. The van der Waals surface area contributed by atoms with Crippen molar-refractivity contribution in [2.24, 2.45) is 0 Å². The average Bonchev–Trinajstić information content (AvgIpc) is 3.43. The summed E-state index contributed by atoms with van der Waals surface area (Å²) >= 11 is 5.36. The maximum atomic E-state index is 12.5. The number of hydrogen-bond acceptors (Lipinski definition) is 3. The lowest BCUT2D eigenvalue weighted by atomic mass is 9.96.